The Kier molecular flexibility index (Phi) is 4.28. The van der Waals surface area contributed by atoms with Crippen LogP contribution in [0.4, 0.5) is 0 Å². The summed E-state index contributed by atoms with van der Waals surface area (Å²) in [7, 11) is 0. The zero-order chi connectivity index (χ0) is 19.1. The van der Waals surface area contributed by atoms with Crippen LogP contribution in [0.15, 0.2) is 0 Å². The van der Waals surface area contributed by atoms with E-state index in [0.717, 1.165) is 23.7 Å². The van der Waals surface area contributed by atoms with Crippen LogP contribution < -0.4 is 0 Å². The predicted molar refractivity (Wildman–Crippen MR) is 111 cm³/mol. The first-order chi connectivity index (χ1) is 13.5. The van der Waals surface area contributed by atoms with E-state index < -0.39 is 0 Å². The largest absolute Gasteiger partial charge is 0.391 e. The summed E-state index contributed by atoms with van der Waals surface area (Å²) in [6.45, 7) is 7.54. The highest BCUT2D eigenvalue weighted by molar-refractivity contribution is 5.14. The second-order valence-corrected chi connectivity index (χ2v) is 12.1. The summed E-state index contributed by atoms with van der Waals surface area (Å²) in [6.07, 6.45) is 15.9. The Balaban J connectivity index is 1.26. The first-order valence-electron chi connectivity index (χ1n) is 12.6. The first kappa shape index (κ1) is 18.6. The Labute approximate surface area is 171 Å². The van der Waals surface area contributed by atoms with Crippen molar-refractivity contribution in [3.63, 3.8) is 0 Å². The molecule has 0 aromatic rings. The highest BCUT2D eigenvalue weighted by Crippen LogP contribution is 2.68. The number of likely N-dealkylation sites (tertiary alicyclic amines) is 1. The topological polar surface area (TPSA) is 36.0 Å². The highest BCUT2D eigenvalue weighted by Gasteiger charge is 2.65. The quantitative estimate of drug-likeness (QED) is 0.667. The van der Waals surface area contributed by atoms with Crippen molar-refractivity contribution < 1.29 is 9.84 Å². The lowest BCUT2D eigenvalue weighted by Crippen LogP contribution is -2.54. The van der Waals surface area contributed by atoms with Crippen molar-refractivity contribution in [2.75, 3.05) is 13.1 Å². The lowest BCUT2D eigenvalue weighted by Gasteiger charge is -2.59. The van der Waals surface area contributed by atoms with Gasteiger partial charge in [-0.05, 0) is 105 Å². The van der Waals surface area contributed by atoms with Gasteiger partial charge in [0.15, 0.2) is 0 Å². The maximum atomic E-state index is 11.6. The van der Waals surface area contributed by atoms with E-state index in [0.29, 0.717) is 23.7 Å². The minimum absolute atomic E-state index is 0.107. The van der Waals surface area contributed by atoms with Crippen LogP contribution in [0.2, 0.25) is 0 Å². The molecule has 3 heteroatoms. The van der Waals surface area contributed by atoms with Crippen molar-refractivity contribution in [1.29, 1.82) is 0 Å². The molecule has 158 valence electrons. The van der Waals surface area contributed by atoms with E-state index >= 15 is 0 Å². The molecule has 4 aliphatic carbocycles. The molecule has 0 radical (unpaired) electrons. The van der Waals surface area contributed by atoms with Gasteiger partial charge in [0.25, 0.3) is 0 Å². The molecule has 3 nitrogen and oxygen atoms in total. The minimum Gasteiger partial charge on any atom is -0.391 e. The number of hydrogen-bond acceptors (Lipinski definition) is 3. The molecule has 0 spiro atoms. The Bertz CT molecular complexity index is 616. The smallest absolute Gasteiger partial charge is 0.0847 e. The Hall–Kier alpha value is -0.120. The van der Waals surface area contributed by atoms with Crippen molar-refractivity contribution >= 4 is 0 Å². The predicted octanol–water partition coefficient (Wildman–Crippen LogP) is 4.62. The van der Waals surface area contributed by atoms with Crippen molar-refractivity contribution in [2.24, 2.45) is 34.5 Å². The Morgan fingerprint density at radius 3 is 2.43 bits per heavy atom. The van der Waals surface area contributed by atoms with Gasteiger partial charge in [-0.15, -0.1) is 0 Å². The molecular weight excluding hydrogens is 346 g/mol. The molecule has 6 rings (SSSR count). The molecule has 4 saturated carbocycles. The SMILES string of the molecule is C[C@]12CC3OC3CC1CC[C@@H]1[C@@H]2CC[C@]2(C)C(O)C(N3CCCCCC3)C[C@@H]12. The number of rotatable bonds is 1. The fraction of sp³-hybridized carbons (Fsp3) is 1.00. The number of aliphatic hydroxyl groups is 1. The Morgan fingerprint density at radius 1 is 0.857 bits per heavy atom. The van der Waals surface area contributed by atoms with Crippen LogP contribution in [0.5, 0.6) is 0 Å². The molecule has 6 aliphatic rings. The standard InChI is InChI=1S/C25H41NO2/c1-24-10-9-18-17(8-7-16-13-21-22(28-21)15-25(16,18)2)19(24)14-20(23(24)27)26-11-5-3-4-6-12-26/h16-23,27H,3-15H2,1-2H3/t16?,17-,18+,19+,20?,21?,22?,23?,24+,25+/m1/s1. The summed E-state index contributed by atoms with van der Waals surface area (Å²) in [5.74, 6) is 3.37. The van der Waals surface area contributed by atoms with Crippen LogP contribution in [-0.2, 0) is 4.74 Å². The monoisotopic (exact) mass is 387 g/mol. The van der Waals surface area contributed by atoms with Crippen molar-refractivity contribution in [1.82, 2.24) is 4.90 Å². The van der Waals surface area contributed by atoms with E-state index in [4.69, 9.17) is 4.74 Å². The van der Waals surface area contributed by atoms with Crippen LogP contribution in [0, 0.1) is 34.5 Å². The fourth-order valence-corrected chi connectivity index (χ4v) is 9.28. The third-order valence-corrected chi connectivity index (χ3v) is 11.0. The summed E-state index contributed by atoms with van der Waals surface area (Å²) < 4.78 is 6.00. The van der Waals surface area contributed by atoms with Gasteiger partial charge < -0.3 is 9.84 Å². The van der Waals surface area contributed by atoms with Crippen LogP contribution in [0.3, 0.4) is 0 Å². The van der Waals surface area contributed by atoms with E-state index in [2.05, 4.69) is 18.7 Å². The average Bonchev–Trinajstić information content (AvgIpc) is 3.42. The molecule has 2 aliphatic heterocycles. The third kappa shape index (κ3) is 2.57. The number of fused-ring (bicyclic) bond motifs is 6. The number of nitrogens with zero attached hydrogens (tertiary/aromatic N) is 1. The van der Waals surface area contributed by atoms with Crippen molar-refractivity contribution in [3.8, 4) is 0 Å². The lowest BCUT2D eigenvalue weighted by molar-refractivity contribution is -0.119. The summed E-state index contributed by atoms with van der Waals surface area (Å²) >= 11 is 0. The number of ether oxygens (including phenoxy) is 1. The van der Waals surface area contributed by atoms with Crippen LogP contribution in [-0.4, -0.2) is 47.4 Å². The molecule has 2 heterocycles. The van der Waals surface area contributed by atoms with Gasteiger partial charge in [-0.25, -0.2) is 0 Å². The molecule has 0 bridgehead atoms. The van der Waals surface area contributed by atoms with Crippen LogP contribution in [0.25, 0.3) is 0 Å². The average molecular weight is 388 g/mol. The third-order valence-electron chi connectivity index (χ3n) is 11.0. The molecule has 5 unspecified atom stereocenters. The zero-order valence-corrected chi connectivity index (χ0v) is 18.1. The molecule has 6 fully saturated rings. The van der Waals surface area contributed by atoms with Crippen LogP contribution in [0.1, 0.15) is 84.5 Å². The van der Waals surface area contributed by atoms with Gasteiger partial charge >= 0.3 is 0 Å². The first-order valence-corrected chi connectivity index (χ1v) is 12.6. The van der Waals surface area contributed by atoms with E-state index in [9.17, 15) is 5.11 Å². The van der Waals surface area contributed by atoms with Gasteiger partial charge in [0.05, 0.1) is 18.3 Å². The zero-order valence-electron chi connectivity index (χ0n) is 18.1. The summed E-state index contributed by atoms with van der Waals surface area (Å²) in [5, 5.41) is 11.6. The van der Waals surface area contributed by atoms with E-state index in [1.54, 1.807) is 0 Å². The van der Waals surface area contributed by atoms with E-state index in [1.165, 1.54) is 83.7 Å². The molecule has 0 amide bonds. The maximum absolute atomic E-state index is 11.6. The van der Waals surface area contributed by atoms with Gasteiger partial charge in [-0.1, -0.05) is 26.7 Å². The second-order valence-electron chi connectivity index (χ2n) is 12.1. The molecular formula is C25H41NO2. The highest BCUT2D eigenvalue weighted by atomic mass is 16.6. The van der Waals surface area contributed by atoms with Gasteiger partial charge in [0.2, 0.25) is 0 Å². The fourth-order valence-electron chi connectivity index (χ4n) is 9.28. The number of epoxide rings is 1. The van der Waals surface area contributed by atoms with Crippen LogP contribution >= 0.6 is 0 Å². The van der Waals surface area contributed by atoms with Gasteiger partial charge in [0, 0.05) is 6.04 Å². The molecule has 0 aromatic heterocycles. The van der Waals surface area contributed by atoms with Crippen molar-refractivity contribution in [2.45, 2.75) is 109 Å². The lowest BCUT2D eigenvalue weighted by atomic mass is 9.45. The Morgan fingerprint density at radius 2 is 1.64 bits per heavy atom. The van der Waals surface area contributed by atoms with Gasteiger partial charge in [0.1, 0.15) is 0 Å². The molecule has 0 aromatic carbocycles. The normalized spacial score (nSPS) is 58.8. The molecule has 1 N–H and O–H groups in total. The summed E-state index contributed by atoms with van der Waals surface area (Å²) in [4.78, 5) is 2.70. The van der Waals surface area contributed by atoms with E-state index in [-0.39, 0.29) is 11.5 Å². The summed E-state index contributed by atoms with van der Waals surface area (Å²) in [6, 6.07) is 0.430. The van der Waals surface area contributed by atoms with Crippen molar-refractivity contribution in [3.05, 3.63) is 0 Å². The summed E-state index contributed by atoms with van der Waals surface area (Å²) in [5.41, 5.74) is 0.669. The minimum atomic E-state index is -0.107. The molecule has 2 saturated heterocycles. The van der Waals surface area contributed by atoms with E-state index in [1.807, 2.05) is 0 Å². The molecule has 28 heavy (non-hydrogen) atoms. The maximum Gasteiger partial charge on any atom is 0.0847 e. The van der Waals surface area contributed by atoms with Gasteiger partial charge in [-0.3, -0.25) is 4.90 Å². The number of aliphatic hydroxyl groups excluding tert-OH is 1. The second kappa shape index (κ2) is 6.44. The van der Waals surface area contributed by atoms with Gasteiger partial charge in [-0.2, -0.15) is 0 Å². The molecule has 10 atom stereocenters. The number of hydrogen-bond donors (Lipinski definition) is 1.